The third-order valence-corrected chi connectivity index (χ3v) is 5.32. The maximum atomic E-state index is 12.1. The third kappa shape index (κ3) is 4.25. The lowest BCUT2D eigenvalue weighted by atomic mass is 10.1. The topological polar surface area (TPSA) is 97.7 Å². The quantitative estimate of drug-likeness (QED) is 0.377. The van der Waals surface area contributed by atoms with Crippen molar-refractivity contribution in [2.45, 2.75) is 26.4 Å². The molecule has 0 saturated carbocycles. The van der Waals surface area contributed by atoms with Crippen molar-refractivity contribution < 1.29 is 9.53 Å². The summed E-state index contributed by atoms with van der Waals surface area (Å²) < 4.78 is 7.34. The van der Waals surface area contributed by atoms with Crippen LogP contribution in [0, 0.1) is 0 Å². The lowest BCUT2D eigenvalue weighted by molar-refractivity contribution is 0.198. The third-order valence-electron chi connectivity index (χ3n) is 5.09. The molecule has 0 spiro atoms. The number of H-pyrrole nitrogens is 1. The molecule has 1 amide bonds. The molecule has 5 rings (SSSR count). The van der Waals surface area contributed by atoms with Crippen molar-refractivity contribution in [3.8, 4) is 17.1 Å². The smallest absolute Gasteiger partial charge is 0.406 e. The molecule has 0 aliphatic rings. The second kappa shape index (κ2) is 8.55. The Bertz CT molecular complexity index is 1460. The molecular weight excluding hydrogens is 440 g/mol. The Morgan fingerprint density at radius 2 is 2.03 bits per heavy atom. The second-order valence-corrected chi connectivity index (χ2v) is 8.38. The molecule has 0 radical (unpaired) electrons. The van der Waals surface area contributed by atoms with Crippen LogP contribution in [-0.4, -0.2) is 36.9 Å². The lowest BCUT2D eigenvalue weighted by Crippen LogP contribution is -2.32. The van der Waals surface area contributed by atoms with Gasteiger partial charge in [0.05, 0.1) is 18.3 Å². The number of fused-ring (bicyclic) bond motifs is 2. The molecule has 5 aromatic rings. The van der Waals surface area contributed by atoms with Gasteiger partial charge in [0, 0.05) is 22.6 Å². The van der Waals surface area contributed by atoms with Gasteiger partial charge in [0.1, 0.15) is 11.4 Å². The SMILES string of the molecule is CC(C)NC(=O)Oc1c[nH]c2ncc(-c3nn(Cc4ccccc4)c4cc(Cl)ccc34)nc12. The molecule has 0 atom stereocenters. The van der Waals surface area contributed by atoms with Gasteiger partial charge in [-0.05, 0) is 37.6 Å². The van der Waals surface area contributed by atoms with Crippen LogP contribution in [-0.2, 0) is 6.54 Å². The van der Waals surface area contributed by atoms with Crippen LogP contribution in [0.25, 0.3) is 33.5 Å². The molecule has 2 N–H and O–H groups in total. The first kappa shape index (κ1) is 21.0. The average Bonchev–Trinajstić information content (AvgIpc) is 3.35. The summed E-state index contributed by atoms with van der Waals surface area (Å²) in [5, 5.41) is 9.07. The van der Waals surface area contributed by atoms with Gasteiger partial charge in [-0.25, -0.2) is 14.8 Å². The van der Waals surface area contributed by atoms with Crippen LogP contribution in [0.4, 0.5) is 4.79 Å². The summed E-state index contributed by atoms with van der Waals surface area (Å²) in [6.45, 7) is 4.30. The minimum absolute atomic E-state index is 0.0453. The summed E-state index contributed by atoms with van der Waals surface area (Å²) in [5.74, 6) is 0.300. The zero-order valence-electron chi connectivity index (χ0n) is 18.0. The number of benzene rings is 2. The minimum atomic E-state index is -0.551. The lowest BCUT2D eigenvalue weighted by Gasteiger charge is -2.07. The second-order valence-electron chi connectivity index (χ2n) is 7.95. The van der Waals surface area contributed by atoms with Gasteiger partial charge in [0.25, 0.3) is 0 Å². The van der Waals surface area contributed by atoms with Crippen LogP contribution in [0.5, 0.6) is 5.75 Å². The molecular formula is C24H21ClN6O2. The maximum Gasteiger partial charge on any atom is 0.412 e. The monoisotopic (exact) mass is 460 g/mol. The van der Waals surface area contributed by atoms with Crippen molar-refractivity contribution in [3.05, 3.63) is 71.5 Å². The standard InChI is InChI=1S/C24H21ClN6O2/c1-14(2)28-24(32)33-20-12-27-23-22(20)29-18(11-26-23)21-17-9-8-16(25)10-19(17)31(30-21)13-15-6-4-3-5-7-15/h3-12,14H,13H2,1-2H3,(H,26,27)(H,28,32). The zero-order chi connectivity index (χ0) is 22.9. The van der Waals surface area contributed by atoms with Gasteiger partial charge in [0.15, 0.2) is 16.9 Å². The number of rotatable bonds is 5. The number of nitrogens with one attached hydrogen (secondary N) is 2. The van der Waals surface area contributed by atoms with E-state index in [9.17, 15) is 4.79 Å². The number of nitrogens with zero attached hydrogens (tertiary/aromatic N) is 4. The van der Waals surface area contributed by atoms with Gasteiger partial charge >= 0.3 is 6.09 Å². The largest absolute Gasteiger partial charge is 0.412 e. The van der Waals surface area contributed by atoms with Crippen LogP contribution in [0.2, 0.25) is 5.02 Å². The number of hydrogen-bond acceptors (Lipinski definition) is 5. The van der Waals surface area contributed by atoms with Gasteiger partial charge in [-0.15, -0.1) is 0 Å². The number of carbonyl (C=O) groups is 1. The van der Waals surface area contributed by atoms with Crippen LogP contribution in [0.3, 0.4) is 0 Å². The molecule has 0 bridgehead atoms. The van der Waals surface area contributed by atoms with Crippen molar-refractivity contribution in [3.63, 3.8) is 0 Å². The predicted octanol–water partition coefficient (Wildman–Crippen LogP) is 5.17. The summed E-state index contributed by atoms with van der Waals surface area (Å²) in [5.41, 5.74) is 4.21. The predicted molar refractivity (Wildman–Crippen MR) is 127 cm³/mol. The van der Waals surface area contributed by atoms with Crippen molar-refractivity contribution in [1.29, 1.82) is 0 Å². The Kier molecular flexibility index (Phi) is 5.43. The number of aromatic amines is 1. The van der Waals surface area contributed by atoms with E-state index < -0.39 is 6.09 Å². The molecule has 166 valence electrons. The molecule has 0 aliphatic carbocycles. The number of carbonyl (C=O) groups excluding carboxylic acids is 1. The van der Waals surface area contributed by atoms with Crippen LogP contribution in [0.1, 0.15) is 19.4 Å². The van der Waals surface area contributed by atoms with E-state index in [1.54, 1.807) is 12.4 Å². The Morgan fingerprint density at radius 1 is 1.21 bits per heavy atom. The van der Waals surface area contributed by atoms with Gasteiger partial charge in [-0.1, -0.05) is 41.9 Å². The fourth-order valence-corrected chi connectivity index (χ4v) is 3.81. The van der Waals surface area contributed by atoms with E-state index >= 15 is 0 Å². The van der Waals surface area contributed by atoms with E-state index in [1.807, 2.05) is 54.9 Å². The molecule has 9 heteroatoms. The molecule has 33 heavy (non-hydrogen) atoms. The summed E-state index contributed by atoms with van der Waals surface area (Å²) in [6, 6.07) is 15.7. The fraction of sp³-hybridized carbons (Fsp3) is 0.167. The van der Waals surface area contributed by atoms with Crippen molar-refractivity contribution in [1.82, 2.24) is 30.0 Å². The molecule has 3 heterocycles. The number of hydrogen-bond donors (Lipinski definition) is 2. The number of amides is 1. The molecule has 3 aromatic heterocycles. The molecule has 2 aromatic carbocycles. The Morgan fingerprint density at radius 3 is 2.82 bits per heavy atom. The maximum absolute atomic E-state index is 12.1. The minimum Gasteiger partial charge on any atom is -0.406 e. The first-order valence-corrected chi connectivity index (χ1v) is 10.9. The van der Waals surface area contributed by atoms with E-state index in [0.29, 0.717) is 39.9 Å². The highest BCUT2D eigenvalue weighted by atomic mass is 35.5. The van der Waals surface area contributed by atoms with E-state index in [1.165, 1.54) is 0 Å². The Labute approximate surface area is 194 Å². The van der Waals surface area contributed by atoms with E-state index in [0.717, 1.165) is 16.5 Å². The number of halogens is 1. The summed E-state index contributed by atoms with van der Waals surface area (Å²) in [7, 11) is 0. The van der Waals surface area contributed by atoms with Crippen molar-refractivity contribution >= 4 is 39.8 Å². The van der Waals surface area contributed by atoms with E-state index in [4.69, 9.17) is 26.4 Å². The highest BCUT2D eigenvalue weighted by molar-refractivity contribution is 6.31. The van der Waals surface area contributed by atoms with Gasteiger partial charge in [0.2, 0.25) is 0 Å². The highest BCUT2D eigenvalue weighted by Gasteiger charge is 2.18. The molecule has 0 saturated heterocycles. The first-order valence-electron chi connectivity index (χ1n) is 10.5. The zero-order valence-corrected chi connectivity index (χ0v) is 18.8. The van der Waals surface area contributed by atoms with E-state index in [-0.39, 0.29) is 6.04 Å². The number of ether oxygens (including phenoxy) is 1. The van der Waals surface area contributed by atoms with Crippen LogP contribution >= 0.6 is 11.6 Å². The fourth-order valence-electron chi connectivity index (χ4n) is 3.64. The summed E-state index contributed by atoms with van der Waals surface area (Å²) >= 11 is 6.29. The van der Waals surface area contributed by atoms with Gasteiger partial charge in [-0.3, -0.25) is 4.68 Å². The number of aromatic nitrogens is 5. The Balaban J connectivity index is 1.58. The van der Waals surface area contributed by atoms with Crippen molar-refractivity contribution in [2.75, 3.05) is 0 Å². The average molecular weight is 461 g/mol. The summed E-state index contributed by atoms with van der Waals surface area (Å²) in [6.07, 6.45) is 2.67. The normalized spacial score (nSPS) is 11.4. The van der Waals surface area contributed by atoms with Gasteiger partial charge < -0.3 is 15.0 Å². The van der Waals surface area contributed by atoms with Crippen LogP contribution in [0.15, 0.2) is 60.9 Å². The van der Waals surface area contributed by atoms with Gasteiger partial charge in [-0.2, -0.15) is 5.10 Å². The molecule has 0 unspecified atom stereocenters. The van der Waals surface area contributed by atoms with Crippen molar-refractivity contribution in [2.24, 2.45) is 0 Å². The highest BCUT2D eigenvalue weighted by Crippen LogP contribution is 2.31. The first-order chi connectivity index (χ1) is 16.0. The molecule has 0 fully saturated rings. The Hall–Kier alpha value is -3.91. The van der Waals surface area contributed by atoms with Crippen LogP contribution < -0.4 is 10.1 Å². The molecule has 0 aliphatic heterocycles. The molecule has 8 nitrogen and oxygen atoms in total. The summed E-state index contributed by atoms with van der Waals surface area (Å²) in [4.78, 5) is 24.2. The van der Waals surface area contributed by atoms with E-state index in [2.05, 4.69) is 27.4 Å².